The first-order valence-corrected chi connectivity index (χ1v) is 6.35. The zero-order chi connectivity index (χ0) is 14.5. The Labute approximate surface area is 116 Å². The van der Waals surface area contributed by atoms with Crippen LogP contribution in [0.1, 0.15) is 18.4 Å². The van der Waals surface area contributed by atoms with E-state index in [1.54, 1.807) is 30.3 Å². The molecule has 1 aliphatic heterocycles. The van der Waals surface area contributed by atoms with E-state index >= 15 is 0 Å². The van der Waals surface area contributed by atoms with Gasteiger partial charge in [0.15, 0.2) is 5.71 Å². The van der Waals surface area contributed by atoms with Crippen molar-refractivity contribution in [3.8, 4) is 0 Å². The number of carbonyl (C=O) groups is 2. The highest BCUT2D eigenvalue weighted by atomic mass is 16.5. The summed E-state index contributed by atoms with van der Waals surface area (Å²) in [7, 11) is 1.29. The summed E-state index contributed by atoms with van der Waals surface area (Å²) in [4.78, 5) is 25.5. The van der Waals surface area contributed by atoms with Crippen molar-refractivity contribution in [3.63, 3.8) is 0 Å². The molecule has 2 rings (SSSR count). The number of esters is 1. The lowest BCUT2D eigenvalue weighted by Crippen LogP contribution is -2.44. The van der Waals surface area contributed by atoms with Gasteiger partial charge < -0.3 is 14.8 Å². The molecule has 1 N–H and O–H groups in total. The summed E-state index contributed by atoms with van der Waals surface area (Å²) in [5, 5.41) is 12.2. The van der Waals surface area contributed by atoms with Crippen molar-refractivity contribution in [1.82, 2.24) is 4.90 Å². The molecule has 1 fully saturated rings. The topological polar surface area (TPSA) is 79.2 Å². The van der Waals surface area contributed by atoms with E-state index in [0.717, 1.165) is 6.42 Å². The zero-order valence-corrected chi connectivity index (χ0v) is 11.2. The van der Waals surface area contributed by atoms with Crippen LogP contribution in [-0.2, 0) is 14.3 Å². The molecule has 1 saturated heterocycles. The first-order chi connectivity index (χ1) is 9.69. The van der Waals surface area contributed by atoms with E-state index in [-0.39, 0.29) is 5.71 Å². The number of methoxy groups -OCH3 is 1. The molecule has 0 radical (unpaired) electrons. The molecule has 0 aliphatic carbocycles. The summed E-state index contributed by atoms with van der Waals surface area (Å²) in [5.41, 5.74) is 0.442. The van der Waals surface area contributed by atoms with Crippen molar-refractivity contribution in [2.75, 3.05) is 13.7 Å². The third-order valence-corrected chi connectivity index (χ3v) is 3.34. The van der Waals surface area contributed by atoms with Gasteiger partial charge in [0.05, 0.1) is 7.11 Å². The van der Waals surface area contributed by atoms with Crippen LogP contribution >= 0.6 is 0 Å². The summed E-state index contributed by atoms with van der Waals surface area (Å²) in [6.45, 7) is 0.449. The van der Waals surface area contributed by atoms with Crippen molar-refractivity contribution in [3.05, 3.63) is 35.9 Å². The lowest BCUT2D eigenvalue weighted by atomic mass is 10.1. The number of hydrogen-bond acceptors (Lipinski definition) is 5. The van der Waals surface area contributed by atoms with E-state index < -0.39 is 17.9 Å². The molecule has 106 valence electrons. The Morgan fingerprint density at radius 2 is 2.05 bits per heavy atom. The SMILES string of the molecule is COC(=O)[C@@H]1CCCN1C(=O)C(=NO)c1ccccc1. The van der Waals surface area contributed by atoms with Gasteiger partial charge in [-0.05, 0) is 12.8 Å². The highest BCUT2D eigenvalue weighted by Gasteiger charge is 2.37. The van der Waals surface area contributed by atoms with E-state index in [1.165, 1.54) is 12.0 Å². The summed E-state index contributed by atoms with van der Waals surface area (Å²) in [6.07, 6.45) is 1.28. The largest absolute Gasteiger partial charge is 0.467 e. The maximum absolute atomic E-state index is 12.4. The molecule has 1 aromatic rings. The van der Waals surface area contributed by atoms with Gasteiger partial charge in [0.1, 0.15) is 6.04 Å². The van der Waals surface area contributed by atoms with Gasteiger partial charge in [-0.25, -0.2) is 4.79 Å². The maximum Gasteiger partial charge on any atom is 0.328 e. The summed E-state index contributed by atoms with van der Waals surface area (Å²) in [5.74, 6) is -0.909. The predicted octanol–water partition coefficient (Wildman–Crippen LogP) is 1.03. The number of ether oxygens (including phenoxy) is 1. The van der Waals surface area contributed by atoms with Gasteiger partial charge in [-0.15, -0.1) is 0 Å². The molecule has 1 aromatic carbocycles. The third-order valence-electron chi connectivity index (χ3n) is 3.34. The van der Waals surface area contributed by atoms with Crippen LogP contribution in [0.25, 0.3) is 0 Å². The van der Waals surface area contributed by atoms with Crippen LogP contribution < -0.4 is 0 Å². The predicted molar refractivity (Wildman–Crippen MR) is 71.5 cm³/mol. The number of benzene rings is 1. The minimum absolute atomic E-state index is 0.0681. The molecule has 1 heterocycles. The summed E-state index contributed by atoms with van der Waals surface area (Å²) in [6, 6.07) is 8.04. The average molecular weight is 276 g/mol. The van der Waals surface area contributed by atoms with Crippen LogP contribution in [0.4, 0.5) is 0 Å². The molecule has 20 heavy (non-hydrogen) atoms. The van der Waals surface area contributed by atoms with Crippen molar-refractivity contribution in [1.29, 1.82) is 0 Å². The fourth-order valence-corrected chi connectivity index (χ4v) is 2.35. The maximum atomic E-state index is 12.4. The number of nitrogens with zero attached hydrogens (tertiary/aromatic N) is 2. The van der Waals surface area contributed by atoms with Crippen LogP contribution in [0.3, 0.4) is 0 Å². The number of rotatable bonds is 3. The fourth-order valence-electron chi connectivity index (χ4n) is 2.35. The smallest absolute Gasteiger partial charge is 0.328 e. The first kappa shape index (κ1) is 14.0. The standard InChI is InChI=1S/C14H16N2O4/c1-20-14(18)11-8-5-9-16(11)13(17)12(15-19)10-6-3-2-4-7-10/h2-4,6-7,11,19H,5,8-9H2,1H3/t11-/m0/s1. The van der Waals surface area contributed by atoms with E-state index in [0.29, 0.717) is 18.5 Å². The summed E-state index contributed by atoms with van der Waals surface area (Å²) >= 11 is 0. The second kappa shape index (κ2) is 6.18. The molecular weight excluding hydrogens is 260 g/mol. The monoisotopic (exact) mass is 276 g/mol. The number of likely N-dealkylation sites (tertiary alicyclic amines) is 1. The van der Waals surface area contributed by atoms with Crippen molar-refractivity contribution < 1.29 is 19.5 Å². The molecule has 6 nitrogen and oxygen atoms in total. The molecule has 1 atom stereocenters. The van der Waals surface area contributed by atoms with Crippen LogP contribution in [-0.4, -0.2) is 47.4 Å². The Morgan fingerprint density at radius 3 is 2.65 bits per heavy atom. The van der Waals surface area contributed by atoms with Crippen LogP contribution in [0, 0.1) is 0 Å². The second-order valence-electron chi connectivity index (χ2n) is 4.49. The Hall–Kier alpha value is -2.37. The van der Waals surface area contributed by atoms with Crippen molar-refractivity contribution >= 4 is 17.6 Å². The number of hydrogen-bond donors (Lipinski definition) is 1. The van der Waals surface area contributed by atoms with Gasteiger partial charge >= 0.3 is 5.97 Å². The zero-order valence-electron chi connectivity index (χ0n) is 11.2. The van der Waals surface area contributed by atoms with Crippen molar-refractivity contribution in [2.24, 2.45) is 5.16 Å². The molecule has 0 spiro atoms. The third kappa shape index (κ3) is 2.64. The summed E-state index contributed by atoms with van der Waals surface area (Å²) < 4.78 is 4.70. The van der Waals surface area contributed by atoms with Crippen LogP contribution in [0.2, 0.25) is 0 Å². The molecule has 0 bridgehead atoms. The highest BCUT2D eigenvalue weighted by molar-refractivity contribution is 6.45. The van der Waals surface area contributed by atoms with Gasteiger partial charge in [-0.2, -0.15) is 0 Å². The Balaban J connectivity index is 2.23. The minimum Gasteiger partial charge on any atom is -0.467 e. The number of amides is 1. The average Bonchev–Trinajstić information content (AvgIpc) is 2.97. The number of oxime groups is 1. The molecule has 0 aromatic heterocycles. The van der Waals surface area contributed by atoms with Crippen LogP contribution in [0.5, 0.6) is 0 Å². The van der Waals surface area contributed by atoms with Gasteiger partial charge in [-0.1, -0.05) is 35.5 Å². The van der Waals surface area contributed by atoms with Gasteiger partial charge in [-0.3, -0.25) is 4.79 Å². The van der Waals surface area contributed by atoms with E-state index in [1.807, 2.05) is 0 Å². The Bertz CT molecular complexity index is 527. The van der Waals surface area contributed by atoms with E-state index in [2.05, 4.69) is 5.16 Å². The van der Waals surface area contributed by atoms with E-state index in [4.69, 9.17) is 9.94 Å². The first-order valence-electron chi connectivity index (χ1n) is 6.35. The lowest BCUT2D eigenvalue weighted by molar-refractivity contribution is -0.149. The molecule has 0 unspecified atom stereocenters. The van der Waals surface area contributed by atoms with Crippen LogP contribution in [0.15, 0.2) is 35.5 Å². The number of carbonyl (C=O) groups excluding carboxylic acids is 2. The van der Waals surface area contributed by atoms with E-state index in [9.17, 15) is 9.59 Å². The fraction of sp³-hybridized carbons (Fsp3) is 0.357. The van der Waals surface area contributed by atoms with Gasteiger partial charge in [0.2, 0.25) is 0 Å². The van der Waals surface area contributed by atoms with Gasteiger partial charge in [0, 0.05) is 12.1 Å². The minimum atomic E-state index is -0.604. The van der Waals surface area contributed by atoms with Gasteiger partial charge in [0.25, 0.3) is 5.91 Å². The second-order valence-corrected chi connectivity index (χ2v) is 4.49. The normalized spacial score (nSPS) is 18.9. The molecule has 1 aliphatic rings. The quantitative estimate of drug-likeness (QED) is 0.387. The molecular formula is C14H16N2O4. The highest BCUT2D eigenvalue weighted by Crippen LogP contribution is 2.20. The molecule has 1 amide bonds. The Kier molecular flexibility index (Phi) is 4.34. The Morgan fingerprint density at radius 1 is 1.35 bits per heavy atom. The lowest BCUT2D eigenvalue weighted by Gasteiger charge is -2.22. The van der Waals surface area contributed by atoms with Crippen molar-refractivity contribution in [2.45, 2.75) is 18.9 Å². The molecule has 6 heteroatoms. The molecule has 0 saturated carbocycles.